The lowest BCUT2D eigenvalue weighted by molar-refractivity contribution is -0.133. The van der Waals surface area contributed by atoms with Gasteiger partial charge in [-0.25, -0.2) is 4.79 Å². The van der Waals surface area contributed by atoms with Crippen molar-refractivity contribution in [1.82, 2.24) is 0 Å². The lowest BCUT2D eigenvalue weighted by Gasteiger charge is -2.13. The molecule has 0 spiro atoms. The zero-order chi connectivity index (χ0) is 18.4. The van der Waals surface area contributed by atoms with Crippen LogP contribution in [0.5, 0.6) is 17.2 Å². The molecule has 0 aliphatic carbocycles. The topological polar surface area (TPSA) is 54.0 Å². The summed E-state index contributed by atoms with van der Waals surface area (Å²) < 4.78 is 21.4. The molecule has 25 heavy (non-hydrogen) atoms. The molecule has 6 heteroatoms. The van der Waals surface area contributed by atoms with Crippen molar-refractivity contribution in [2.75, 3.05) is 28.4 Å². The fourth-order valence-electron chi connectivity index (χ4n) is 2.28. The Morgan fingerprint density at radius 1 is 0.920 bits per heavy atom. The van der Waals surface area contributed by atoms with Crippen molar-refractivity contribution >= 4 is 33.5 Å². The Hall–Kier alpha value is -2.47. The average molecular weight is 407 g/mol. The number of hydrogen-bond donors (Lipinski definition) is 0. The van der Waals surface area contributed by atoms with Gasteiger partial charge in [0, 0.05) is 10.0 Å². The molecule has 0 amide bonds. The Labute approximate surface area is 155 Å². The van der Waals surface area contributed by atoms with Crippen LogP contribution in [0.3, 0.4) is 0 Å². The van der Waals surface area contributed by atoms with Gasteiger partial charge in [-0.2, -0.15) is 0 Å². The highest BCUT2D eigenvalue weighted by atomic mass is 79.9. The lowest BCUT2D eigenvalue weighted by atomic mass is 10.0. The van der Waals surface area contributed by atoms with Crippen molar-refractivity contribution in [2.45, 2.75) is 0 Å². The van der Waals surface area contributed by atoms with E-state index >= 15 is 0 Å². The standard InChI is InChI=1S/C19H19BrO5/c1-22-13-7-5-12(6-8-13)9-15(19(21)25-4)14-10-17(23-2)18(24-3)11-16(14)20/h5-11H,1-4H3/b15-9+. The molecule has 0 saturated heterocycles. The first-order valence-electron chi connectivity index (χ1n) is 7.40. The summed E-state index contributed by atoms with van der Waals surface area (Å²) in [6, 6.07) is 10.8. The summed E-state index contributed by atoms with van der Waals surface area (Å²) in [5.74, 6) is 1.37. The van der Waals surface area contributed by atoms with E-state index in [9.17, 15) is 4.79 Å². The maximum atomic E-state index is 12.3. The van der Waals surface area contributed by atoms with Gasteiger partial charge in [0.1, 0.15) is 5.75 Å². The Morgan fingerprint density at radius 3 is 2.04 bits per heavy atom. The van der Waals surface area contributed by atoms with Gasteiger partial charge in [0.25, 0.3) is 0 Å². The van der Waals surface area contributed by atoms with Gasteiger partial charge in [-0.3, -0.25) is 0 Å². The third kappa shape index (κ3) is 4.33. The van der Waals surface area contributed by atoms with Gasteiger partial charge in [-0.05, 0) is 35.9 Å². The molecular weight excluding hydrogens is 388 g/mol. The van der Waals surface area contributed by atoms with Crippen LogP contribution in [0.4, 0.5) is 0 Å². The third-order valence-electron chi connectivity index (χ3n) is 3.60. The van der Waals surface area contributed by atoms with E-state index in [1.54, 1.807) is 39.5 Å². The van der Waals surface area contributed by atoms with Crippen LogP contribution in [-0.2, 0) is 9.53 Å². The van der Waals surface area contributed by atoms with Gasteiger partial charge < -0.3 is 18.9 Å². The molecule has 0 saturated carbocycles. The molecule has 0 unspecified atom stereocenters. The summed E-state index contributed by atoms with van der Waals surface area (Å²) in [5.41, 5.74) is 1.86. The summed E-state index contributed by atoms with van der Waals surface area (Å²) >= 11 is 3.48. The average Bonchev–Trinajstić information content (AvgIpc) is 2.65. The number of methoxy groups -OCH3 is 4. The van der Waals surface area contributed by atoms with Crippen LogP contribution < -0.4 is 14.2 Å². The Morgan fingerprint density at radius 2 is 1.52 bits per heavy atom. The summed E-state index contributed by atoms with van der Waals surface area (Å²) in [6.07, 6.45) is 1.75. The smallest absolute Gasteiger partial charge is 0.338 e. The molecule has 0 aliphatic rings. The van der Waals surface area contributed by atoms with Crippen molar-refractivity contribution in [3.8, 4) is 17.2 Å². The van der Waals surface area contributed by atoms with Crippen LogP contribution in [0.15, 0.2) is 40.9 Å². The molecule has 2 aromatic rings. The third-order valence-corrected chi connectivity index (χ3v) is 4.25. The number of carbonyl (C=O) groups excluding carboxylic acids is 1. The van der Waals surface area contributed by atoms with Gasteiger partial charge in [0.05, 0.1) is 34.0 Å². The summed E-state index contributed by atoms with van der Waals surface area (Å²) in [4.78, 5) is 12.3. The highest BCUT2D eigenvalue weighted by Crippen LogP contribution is 2.37. The van der Waals surface area contributed by atoms with E-state index in [0.717, 1.165) is 11.3 Å². The van der Waals surface area contributed by atoms with E-state index in [1.165, 1.54) is 7.11 Å². The fourth-order valence-corrected chi connectivity index (χ4v) is 2.82. The minimum atomic E-state index is -0.455. The molecule has 0 atom stereocenters. The van der Waals surface area contributed by atoms with E-state index in [4.69, 9.17) is 18.9 Å². The van der Waals surface area contributed by atoms with E-state index in [1.807, 2.05) is 24.3 Å². The van der Waals surface area contributed by atoms with Crippen molar-refractivity contribution in [3.63, 3.8) is 0 Å². The minimum absolute atomic E-state index is 0.389. The van der Waals surface area contributed by atoms with E-state index in [0.29, 0.717) is 27.1 Å². The summed E-state index contributed by atoms with van der Waals surface area (Å²) in [5, 5.41) is 0. The van der Waals surface area contributed by atoms with Gasteiger partial charge >= 0.3 is 5.97 Å². The van der Waals surface area contributed by atoms with Crippen LogP contribution in [0.2, 0.25) is 0 Å². The second-order valence-corrected chi connectivity index (χ2v) is 5.86. The highest BCUT2D eigenvalue weighted by Gasteiger charge is 2.19. The minimum Gasteiger partial charge on any atom is -0.497 e. The van der Waals surface area contributed by atoms with Crippen molar-refractivity contribution in [1.29, 1.82) is 0 Å². The number of carbonyl (C=O) groups is 1. The SMILES string of the molecule is COC(=O)/C(=C/c1ccc(OC)cc1)c1cc(OC)c(OC)cc1Br. The molecule has 0 aliphatic heterocycles. The molecule has 2 rings (SSSR count). The fraction of sp³-hybridized carbons (Fsp3) is 0.211. The van der Waals surface area contributed by atoms with Gasteiger partial charge in [0.2, 0.25) is 0 Å². The predicted molar refractivity (Wildman–Crippen MR) is 100 cm³/mol. The molecular formula is C19H19BrO5. The summed E-state index contributed by atoms with van der Waals surface area (Å²) in [6.45, 7) is 0. The van der Waals surface area contributed by atoms with Crippen LogP contribution in [-0.4, -0.2) is 34.4 Å². The second-order valence-electron chi connectivity index (χ2n) is 5.01. The zero-order valence-electron chi connectivity index (χ0n) is 14.5. The number of rotatable bonds is 6. The monoisotopic (exact) mass is 406 g/mol. The van der Waals surface area contributed by atoms with E-state index in [2.05, 4.69) is 15.9 Å². The molecule has 0 bridgehead atoms. The van der Waals surface area contributed by atoms with Crippen molar-refractivity contribution in [3.05, 3.63) is 52.0 Å². The van der Waals surface area contributed by atoms with E-state index in [-0.39, 0.29) is 0 Å². The van der Waals surface area contributed by atoms with Crippen LogP contribution in [0.25, 0.3) is 11.6 Å². The van der Waals surface area contributed by atoms with Crippen molar-refractivity contribution < 1.29 is 23.7 Å². The van der Waals surface area contributed by atoms with Gasteiger partial charge in [0.15, 0.2) is 11.5 Å². The molecule has 0 radical (unpaired) electrons. The molecule has 0 fully saturated rings. The van der Waals surface area contributed by atoms with Gasteiger partial charge in [-0.15, -0.1) is 0 Å². The molecule has 132 valence electrons. The van der Waals surface area contributed by atoms with Crippen LogP contribution in [0, 0.1) is 0 Å². The normalized spacial score (nSPS) is 11.0. The molecule has 0 aromatic heterocycles. The molecule has 5 nitrogen and oxygen atoms in total. The lowest BCUT2D eigenvalue weighted by Crippen LogP contribution is -2.05. The first-order valence-corrected chi connectivity index (χ1v) is 8.19. The zero-order valence-corrected chi connectivity index (χ0v) is 16.0. The summed E-state index contributed by atoms with van der Waals surface area (Å²) in [7, 11) is 6.04. The number of ether oxygens (including phenoxy) is 4. The first-order chi connectivity index (χ1) is 12.0. The number of esters is 1. The number of hydrogen-bond acceptors (Lipinski definition) is 5. The Kier molecular flexibility index (Phi) is 6.47. The predicted octanol–water partition coefficient (Wildman–Crippen LogP) is 4.19. The molecule has 0 heterocycles. The Balaban J connectivity index is 2.57. The van der Waals surface area contributed by atoms with Crippen LogP contribution in [0.1, 0.15) is 11.1 Å². The first kappa shape index (κ1) is 18.9. The number of benzene rings is 2. The number of halogens is 1. The van der Waals surface area contributed by atoms with Crippen LogP contribution >= 0.6 is 15.9 Å². The molecule has 0 N–H and O–H groups in total. The maximum absolute atomic E-state index is 12.3. The van der Waals surface area contributed by atoms with E-state index < -0.39 is 5.97 Å². The second kappa shape index (κ2) is 8.58. The molecule has 2 aromatic carbocycles. The highest BCUT2D eigenvalue weighted by molar-refractivity contribution is 9.10. The van der Waals surface area contributed by atoms with Gasteiger partial charge in [-0.1, -0.05) is 28.1 Å². The van der Waals surface area contributed by atoms with Crippen molar-refractivity contribution in [2.24, 2.45) is 0 Å². The maximum Gasteiger partial charge on any atom is 0.338 e. The largest absolute Gasteiger partial charge is 0.497 e. The quantitative estimate of drug-likeness (QED) is 0.409. The Bertz CT molecular complexity index is 781.